The molecule has 0 saturated heterocycles. The average Bonchev–Trinajstić information content (AvgIpc) is 2.81. The van der Waals surface area contributed by atoms with Crippen LogP contribution in [0.3, 0.4) is 0 Å². The Morgan fingerprint density at radius 2 is 0.839 bits per heavy atom. The number of rotatable bonds is 8. The van der Waals surface area contributed by atoms with Gasteiger partial charge in [0.25, 0.3) is 0 Å². The van der Waals surface area contributed by atoms with Crippen LogP contribution < -0.4 is 0 Å². The molecule has 6 atom stereocenters. The summed E-state index contributed by atoms with van der Waals surface area (Å²) < 4.78 is 0. The van der Waals surface area contributed by atoms with Crippen molar-refractivity contribution in [3.8, 4) is 0 Å². The second kappa shape index (κ2) is 16.0. The monoisotopic (exact) mass is 506 g/mol. The van der Waals surface area contributed by atoms with Crippen LogP contribution in [0.5, 0.6) is 0 Å². The molecule has 0 amide bonds. The molecule has 3 aliphatic carbocycles. The quantitative estimate of drug-likeness (QED) is 0.293. The van der Waals surface area contributed by atoms with Gasteiger partial charge in [0, 0.05) is 0 Å². The van der Waals surface area contributed by atoms with Crippen LogP contribution in [0, 0.1) is 23.7 Å². The van der Waals surface area contributed by atoms with Crippen LogP contribution in [-0.4, -0.2) is 24.2 Å². The number of hydrogen-bond acceptors (Lipinski definition) is 0. The van der Waals surface area contributed by atoms with Crippen LogP contribution in [0.2, 0.25) is 0 Å². The summed E-state index contributed by atoms with van der Waals surface area (Å²) in [5.74, 6) is 3.34. The van der Waals surface area contributed by atoms with Crippen LogP contribution in [0.1, 0.15) is 118 Å². The summed E-state index contributed by atoms with van der Waals surface area (Å²) >= 11 is -0.556. The van der Waals surface area contributed by atoms with Crippen molar-refractivity contribution in [2.24, 2.45) is 23.7 Å². The Morgan fingerprint density at radius 3 is 1.10 bits per heavy atom. The van der Waals surface area contributed by atoms with E-state index in [9.17, 15) is 0 Å². The summed E-state index contributed by atoms with van der Waals surface area (Å²) in [5.41, 5.74) is 0. The van der Waals surface area contributed by atoms with Crippen molar-refractivity contribution in [2.75, 3.05) is 0 Å². The molecule has 0 aromatic carbocycles. The topological polar surface area (TPSA) is 28.2 Å². The predicted molar refractivity (Wildman–Crippen MR) is 135 cm³/mol. The van der Waals surface area contributed by atoms with Crippen molar-refractivity contribution in [3.63, 3.8) is 0 Å². The van der Waals surface area contributed by atoms with Crippen molar-refractivity contribution in [2.45, 2.75) is 142 Å². The summed E-state index contributed by atoms with van der Waals surface area (Å²) in [6, 6.07) is 2.30. The van der Waals surface area contributed by atoms with E-state index in [0.29, 0.717) is 24.2 Å². The van der Waals surface area contributed by atoms with E-state index in [1.807, 2.05) is 0 Å². The normalized spacial score (nSPS) is 38.8. The van der Waals surface area contributed by atoms with Gasteiger partial charge in [-0.05, 0) is 0 Å². The molecule has 0 heterocycles. The number of nitrogens with zero attached hydrogens (tertiary/aromatic N) is 2. The third kappa shape index (κ3) is 8.43. The fraction of sp³-hybridized carbons (Fsp3) is 1.00. The molecule has 2 nitrogen and oxygen atoms in total. The molecule has 0 bridgehead atoms. The van der Waals surface area contributed by atoms with Gasteiger partial charge in [-0.15, -0.1) is 12.1 Å². The van der Waals surface area contributed by atoms with Crippen LogP contribution in [0.4, 0.5) is 0 Å². The molecule has 0 N–H and O–H groups in total. The van der Waals surface area contributed by atoms with Gasteiger partial charge in [-0.3, -0.25) is 0 Å². The zero-order valence-corrected chi connectivity index (χ0v) is 23.7. The zero-order chi connectivity index (χ0) is 22.6. The van der Waals surface area contributed by atoms with Gasteiger partial charge in [-0.2, -0.15) is 12.1 Å². The van der Waals surface area contributed by atoms with Crippen LogP contribution in [0.25, 0.3) is 10.6 Å². The van der Waals surface area contributed by atoms with E-state index in [1.165, 1.54) is 89.9 Å². The van der Waals surface area contributed by atoms with Gasteiger partial charge in [0.2, 0.25) is 0 Å². The minimum atomic E-state index is -0.556. The first kappa shape index (κ1) is 28.5. The fourth-order valence-corrected chi connectivity index (χ4v) is 6.89. The van der Waals surface area contributed by atoms with E-state index in [-0.39, 0.29) is 0 Å². The standard InChI is InChI=1S/C26H48N2.2ClH.Ti/c1-5-19-13-11-14-20(6-2)25(19)27-23-17-9-10-18-24(23)28-26-21(7-3)15-12-16-22(26)8-4;;;/h19-26H,5-18H2,1-4H3;2*1H;/q-2;;;+2/p-2. The van der Waals surface area contributed by atoms with Crippen molar-refractivity contribution in [1.29, 1.82) is 0 Å². The Labute approximate surface area is 210 Å². The number of hydrogen-bond donors (Lipinski definition) is 0. The van der Waals surface area contributed by atoms with Crippen LogP contribution in [0.15, 0.2) is 0 Å². The Morgan fingerprint density at radius 1 is 0.548 bits per heavy atom. The zero-order valence-electron chi connectivity index (χ0n) is 20.7. The van der Waals surface area contributed by atoms with E-state index >= 15 is 0 Å². The molecule has 5 heteroatoms. The molecule has 3 saturated carbocycles. The Hall–Kier alpha value is 1.21. The van der Waals surface area contributed by atoms with Gasteiger partial charge in [0.05, 0.1) is 0 Å². The molecule has 6 unspecified atom stereocenters. The van der Waals surface area contributed by atoms with Crippen LogP contribution in [-0.2, 0) is 17.0 Å². The third-order valence-electron chi connectivity index (χ3n) is 8.75. The predicted octanol–water partition coefficient (Wildman–Crippen LogP) is 9.63. The van der Waals surface area contributed by atoms with Crippen molar-refractivity contribution < 1.29 is 17.0 Å². The minimum absolute atomic E-state index is 0.525. The molecule has 0 aromatic rings. The molecule has 0 aliphatic heterocycles. The Balaban J connectivity index is 0.00000107. The van der Waals surface area contributed by atoms with Crippen molar-refractivity contribution in [1.82, 2.24) is 0 Å². The number of halogens is 2. The first-order valence-electron chi connectivity index (χ1n) is 13.5. The summed E-state index contributed by atoms with van der Waals surface area (Å²) in [7, 11) is 9.78. The second-order valence-corrected chi connectivity index (χ2v) is 12.9. The molecule has 3 rings (SSSR count). The van der Waals surface area contributed by atoms with Gasteiger partial charge in [-0.1, -0.05) is 141 Å². The van der Waals surface area contributed by atoms with Gasteiger partial charge in [-0.25, -0.2) is 0 Å². The summed E-state index contributed by atoms with van der Waals surface area (Å²) in [5, 5.41) is 11.3. The van der Waals surface area contributed by atoms with Crippen LogP contribution >= 0.6 is 18.6 Å². The third-order valence-corrected chi connectivity index (χ3v) is 8.75. The molecule has 31 heavy (non-hydrogen) atoms. The molecular formula is C26H48Cl2N2Ti-2. The first-order chi connectivity index (χ1) is 15.1. The van der Waals surface area contributed by atoms with Gasteiger partial charge in [0.1, 0.15) is 0 Å². The Kier molecular flexibility index (Phi) is 14.7. The maximum absolute atomic E-state index is 5.65. The average molecular weight is 507 g/mol. The molecule has 3 fully saturated rings. The van der Waals surface area contributed by atoms with E-state index in [0.717, 1.165) is 23.7 Å². The van der Waals surface area contributed by atoms with Crippen molar-refractivity contribution in [3.05, 3.63) is 10.6 Å². The van der Waals surface area contributed by atoms with E-state index in [1.54, 1.807) is 0 Å². The molecular weight excluding hydrogens is 459 g/mol. The van der Waals surface area contributed by atoms with E-state index in [4.69, 9.17) is 29.2 Å². The molecule has 0 aromatic heterocycles. The molecule has 3 aliphatic rings. The second-order valence-electron chi connectivity index (χ2n) is 10.3. The SMILES string of the molecule is CCC1CCCC(CC)C1[N-]C1CCCCC1[N-]C1C(CC)CCCC1CC.[Cl][Ti][Cl]. The van der Waals surface area contributed by atoms with Gasteiger partial charge in [0.15, 0.2) is 0 Å². The van der Waals surface area contributed by atoms with Crippen molar-refractivity contribution >= 4 is 18.6 Å². The van der Waals surface area contributed by atoms with E-state index < -0.39 is 17.0 Å². The summed E-state index contributed by atoms with van der Waals surface area (Å²) in [6.45, 7) is 9.59. The van der Waals surface area contributed by atoms with Gasteiger partial charge >= 0.3 is 35.6 Å². The molecule has 182 valence electrons. The van der Waals surface area contributed by atoms with Gasteiger partial charge < -0.3 is 10.6 Å². The van der Waals surface area contributed by atoms with E-state index in [2.05, 4.69) is 27.7 Å². The summed E-state index contributed by atoms with van der Waals surface area (Å²) in [6.07, 6.45) is 19.1. The maximum atomic E-state index is 5.65. The molecule has 0 radical (unpaired) electrons. The first-order valence-corrected chi connectivity index (χ1v) is 17.8. The summed E-state index contributed by atoms with van der Waals surface area (Å²) in [4.78, 5) is 0. The fourth-order valence-electron chi connectivity index (χ4n) is 6.89. The Bertz CT molecular complexity index is 403. The molecule has 0 spiro atoms.